The standard InChI is InChI=1S/C14H20N4S/c1-9-8-11-12(16-14(15)17-13(11)19-9)18(2)10-6-4-3-5-7-10/h8,10H,3-7H2,1-2H3,(H2,15,16,17). The van der Waals surface area contributed by atoms with E-state index in [9.17, 15) is 0 Å². The molecule has 0 aliphatic heterocycles. The highest BCUT2D eigenvalue weighted by Gasteiger charge is 2.22. The van der Waals surface area contributed by atoms with Crippen LogP contribution in [0.4, 0.5) is 11.8 Å². The molecular formula is C14H20N4S. The zero-order valence-corrected chi connectivity index (χ0v) is 12.3. The van der Waals surface area contributed by atoms with E-state index in [1.54, 1.807) is 11.3 Å². The van der Waals surface area contributed by atoms with E-state index in [0.717, 1.165) is 16.0 Å². The summed E-state index contributed by atoms with van der Waals surface area (Å²) in [6.07, 6.45) is 6.52. The highest BCUT2D eigenvalue weighted by molar-refractivity contribution is 7.18. The second-order valence-electron chi connectivity index (χ2n) is 5.38. The van der Waals surface area contributed by atoms with Gasteiger partial charge in [0.05, 0.1) is 5.39 Å². The Morgan fingerprint density at radius 2 is 2.00 bits per heavy atom. The molecule has 0 saturated heterocycles. The Kier molecular flexibility index (Phi) is 3.31. The van der Waals surface area contributed by atoms with E-state index in [2.05, 4.69) is 34.9 Å². The molecule has 0 unspecified atom stereocenters. The van der Waals surface area contributed by atoms with Gasteiger partial charge in [0.25, 0.3) is 0 Å². The van der Waals surface area contributed by atoms with Crippen LogP contribution in [-0.4, -0.2) is 23.1 Å². The van der Waals surface area contributed by atoms with Gasteiger partial charge in [0.1, 0.15) is 10.6 Å². The van der Waals surface area contributed by atoms with Gasteiger partial charge in [0.2, 0.25) is 5.95 Å². The van der Waals surface area contributed by atoms with Crippen molar-refractivity contribution in [1.82, 2.24) is 9.97 Å². The Morgan fingerprint density at radius 3 is 2.74 bits per heavy atom. The van der Waals surface area contributed by atoms with Crippen molar-refractivity contribution in [1.29, 1.82) is 0 Å². The first-order chi connectivity index (χ1) is 9.15. The number of thiophene rings is 1. The second kappa shape index (κ2) is 4.96. The summed E-state index contributed by atoms with van der Waals surface area (Å²) in [7, 11) is 2.14. The second-order valence-corrected chi connectivity index (χ2v) is 6.62. The van der Waals surface area contributed by atoms with Crippen molar-refractivity contribution in [3.63, 3.8) is 0 Å². The molecule has 0 radical (unpaired) electrons. The third-order valence-corrected chi connectivity index (χ3v) is 4.91. The molecule has 0 amide bonds. The summed E-state index contributed by atoms with van der Waals surface area (Å²) in [5, 5.41) is 1.14. The first-order valence-electron chi connectivity index (χ1n) is 6.91. The van der Waals surface area contributed by atoms with Gasteiger partial charge in [-0.1, -0.05) is 19.3 Å². The molecule has 2 aromatic heterocycles. The molecule has 1 aliphatic carbocycles. The molecular weight excluding hydrogens is 256 g/mol. The van der Waals surface area contributed by atoms with Crippen molar-refractivity contribution in [3.05, 3.63) is 10.9 Å². The summed E-state index contributed by atoms with van der Waals surface area (Å²) in [6.45, 7) is 2.10. The highest BCUT2D eigenvalue weighted by atomic mass is 32.1. The predicted molar refractivity (Wildman–Crippen MR) is 81.8 cm³/mol. The van der Waals surface area contributed by atoms with Crippen LogP contribution in [0.1, 0.15) is 37.0 Å². The Bertz CT molecular complexity index is 586. The lowest BCUT2D eigenvalue weighted by Gasteiger charge is -2.32. The topological polar surface area (TPSA) is 55.0 Å². The predicted octanol–water partition coefficient (Wildman–Crippen LogP) is 3.35. The molecule has 0 atom stereocenters. The van der Waals surface area contributed by atoms with Crippen molar-refractivity contribution < 1.29 is 0 Å². The van der Waals surface area contributed by atoms with Crippen molar-refractivity contribution in [2.24, 2.45) is 0 Å². The maximum Gasteiger partial charge on any atom is 0.223 e. The van der Waals surface area contributed by atoms with Crippen molar-refractivity contribution in [3.8, 4) is 0 Å². The van der Waals surface area contributed by atoms with Crippen LogP contribution >= 0.6 is 11.3 Å². The molecule has 5 heteroatoms. The van der Waals surface area contributed by atoms with Gasteiger partial charge in [-0.3, -0.25) is 0 Å². The minimum Gasteiger partial charge on any atom is -0.368 e. The van der Waals surface area contributed by atoms with Crippen LogP contribution in [0.3, 0.4) is 0 Å². The van der Waals surface area contributed by atoms with Crippen LogP contribution in [0.2, 0.25) is 0 Å². The highest BCUT2D eigenvalue weighted by Crippen LogP contribution is 2.33. The van der Waals surface area contributed by atoms with Gasteiger partial charge in [-0.15, -0.1) is 11.3 Å². The monoisotopic (exact) mass is 276 g/mol. The van der Waals surface area contributed by atoms with Gasteiger partial charge in [-0.2, -0.15) is 4.98 Å². The largest absolute Gasteiger partial charge is 0.368 e. The lowest BCUT2D eigenvalue weighted by molar-refractivity contribution is 0.426. The molecule has 0 spiro atoms. The van der Waals surface area contributed by atoms with Crippen LogP contribution in [0.15, 0.2) is 6.07 Å². The maximum atomic E-state index is 5.86. The minimum atomic E-state index is 0.381. The molecule has 1 saturated carbocycles. The first kappa shape index (κ1) is 12.7. The molecule has 2 N–H and O–H groups in total. The molecule has 19 heavy (non-hydrogen) atoms. The van der Waals surface area contributed by atoms with Gasteiger partial charge in [-0.25, -0.2) is 4.98 Å². The van der Waals surface area contributed by atoms with E-state index in [-0.39, 0.29) is 0 Å². The lowest BCUT2D eigenvalue weighted by Crippen LogP contribution is -2.34. The number of hydrogen-bond donors (Lipinski definition) is 1. The van der Waals surface area contributed by atoms with E-state index in [1.807, 2.05) is 0 Å². The van der Waals surface area contributed by atoms with E-state index in [1.165, 1.54) is 37.0 Å². The van der Waals surface area contributed by atoms with Gasteiger partial charge in [-0.05, 0) is 25.8 Å². The average molecular weight is 276 g/mol. The average Bonchev–Trinajstić information content (AvgIpc) is 2.78. The molecule has 1 aliphatic rings. The van der Waals surface area contributed by atoms with Crippen LogP contribution in [0, 0.1) is 6.92 Å². The number of rotatable bonds is 2. The molecule has 102 valence electrons. The normalized spacial score (nSPS) is 16.9. The quantitative estimate of drug-likeness (QED) is 0.914. The Balaban J connectivity index is 2.02. The van der Waals surface area contributed by atoms with Gasteiger partial charge in [0, 0.05) is 18.0 Å². The zero-order valence-electron chi connectivity index (χ0n) is 11.5. The Labute approximate surface area is 117 Å². The molecule has 0 bridgehead atoms. The minimum absolute atomic E-state index is 0.381. The fraction of sp³-hybridized carbons (Fsp3) is 0.571. The van der Waals surface area contributed by atoms with E-state index in [4.69, 9.17) is 5.73 Å². The first-order valence-corrected chi connectivity index (χ1v) is 7.73. The molecule has 2 aromatic rings. The smallest absolute Gasteiger partial charge is 0.223 e. The summed E-state index contributed by atoms with van der Waals surface area (Å²) in [6, 6.07) is 2.76. The number of anilines is 2. The van der Waals surface area contributed by atoms with E-state index >= 15 is 0 Å². The van der Waals surface area contributed by atoms with Gasteiger partial charge in [0.15, 0.2) is 0 Å². The number of hydrogen-bond acceptors (Lipinski definition) is 5. The summed E-state index contributed by atoms with van der Waals surface area (Å²) in [5.41, 5.74) is 5.86. The third kappa shape index (κ3) is 2.39. The molecule has 2 heterocycles. The van der Waals surface area contributed by atoms with Gasteiger partial charge >= 0.3 is 0 Å². The maximum absolute atomic E-state index is 5.86. The summed E-state index contributed by atoms with van der Waals surface area (Å²) in [5.74, 6) is 1.38. The number of aryl methyl sites for hydroxylation is 1. The zero-order chi connectivity index (χ0) is 13.4. The Morgan fingerprint density at radius 1 is 1.26 bits per heavy atom. The lowest BCUT2D eigenvalue weighted by atomic mass is 9.94. The summed E-state index contributed by atoms with van der Waals surface area (Å²) < 4.78 is 0. The van der Waals surface area contributed by atoms with Crippen LogP contribution in [-0.2, 0) is 0 Å². The number of nitrogen functional groups attached to an aromatic ring is 1. The number of fused-ring (bicyclic) bond motifs is 1. The Hall–Kier alpha value is -1.36. The molecule has 1 fully saturated rings. The number of nitrogens with two attached hydrogens (primary N) is 1. The van der Waals surface area contributed by atoms with E-state index in [0.29, 0.717) is 12.0 Å². The van der Waals surface area contributed by atoms with Crippen LogP contribution < -0.4 is 10.6 Å². The SMILES string of the molecule is Cc1cc2c(N(C)C3CCCCC3)nc(N)nc2s1. The van der Waals surface area contributed by atoms with E-state index < -0.39 is 0 Å². The molecule has 3 rings (SSSR count). The number of nitrogens with zero attached hydrogens (tertiary/aromatic N) is 3. The van der Waals surface area contributed by atoms with Crippen LogP contribution in [0.25, 0.3) is 10.2 Å². The third-order valence-electron chi connectivity index (χ3n) is 3.97. The fourth-order valence-electron chi connectivity index (χ4n) is 2.95. The number of aromatic nitrogens is 2. The van der Waals surface area contributed by atoms with Gasteiger partial charge < -0.3 is 10.6 Å². The molecule has 0 aromatic carbocycles. The van der Waals surface area contributed by atoms with Crippen molar-refractivity contribution in [2.75, 3.05) is 17.7 Å². The fourth-order valence-corrected chi connectivity index (χ4v) is 3.83. The van der Waals surface area contributed by atoms with Crippen LogP contribution in [0.5, 0.6) is 0 Å². The van der Waals surface area contributed by atoms with Crippen molar-refractivity contribution in [2.45, 2.75) is 45.1 Å². The molecule has 4 nitrogen and oxygen atoms in total. The summed E-state index contributed by atoms with van der Waals surface area (Å²) >= 11 is 1.69. The van der Waals surface area contributed by atoms with Crippen molar-refractivity contribution >= 4 is 33.3 Å². The summed E-state index contributed by atoms with van der Waals surface area (Å²) in [4.78, 5) is 13.4.